The summed E-state index contributed by atoms with van der Waals surface area (Å²) < 4.78 is 0. The van der Waals surface area contributed by atoms with Crippen LogP contribution in [0.2, 0.25) is 0 Å². The molecular weight excluding hydrogens is 701 g/mol. The van der Waals surface area contributed by atoms with E-state index < -0.39 is 0 Å². The molecule has 0 saturated heterocycles. The molecule has 318 valence electrons. The number of phenolic OH excluding ortho intramolecular Hbond substituents is 1. The number of phenols is 1. The monoisotopic (exact) mass is 785 g/mol. The Balaban J connectivity index is 1.76. The third-order valence-electron chi connectivity index (χ3n) is 13.3. The summed E-state index contributed by atoms with van der Waals surface area (Å²) in [6.07, 6.45) is 25.5. The molecule has 0 amide bonds. The molecule has 1 heteroatoms. The Morgan fingerprint density at radius 2 is 0.672 bits per heavy atom. The van der Waals surface area contributed by atoms with E-state index in [-0.39, 0.29) is 16.2 Å². The molecule has 0 aliphatic carbocycles. The van der Waals surface area contributed by atoms with E-state index in [4.69, 9.17) is 0 Å². The molecule has 0 saturated carbocycles. The quantitative estimate of drug-likeness (QED) is 0.0597. The van der Waals surface area contributed by atoms with Crippen LogP contribution in [0.4, 0.5) is 0 Å². The number of hydrogen-bond acceptors (Lipinski definition) is 1. The number of hydrogen-bond donors (Lipinski definition) is 1. The van der Waals surface area contributed by atoms with Gasteiger partial charge in [0.25, 0.3) is 0 Å². The van der Waals surface area contributed by atoms with Gasteiger partial charge < -0.3 is 5.11 Å². The molecule has 1 N–H and O–H groups in total. The first-order valence-electron chi connectivity index (χ1n) is 23.9. The van der Waals surface area contributed by atoms with Crippen LogP contribution in [0.3, 0.4) is 0 Å². The van der Waals surface area contributed by atoms with E-state index in [2.05, 4.69) is 141 Å². The lowest BCUT2D eigenvalue weighted by atomic mass is 9.69. The Morgan fingerprint density at radius 3 is 1.05 bits per heavy atom. The first-order valence-corrected chi connectivity index (χ1v) is 23.9. The first kappa shape index (κ1) is 47.4. The summed E-state index contributed by atoms with van der Waals surface area (Å²) in [5.41, 5.74) is 12.4. The highest BCUT2D eigenvalue weighted by molar-refractivity contribution is 5.50. The number of unbranched alkanes of at least 4 members (excludes halogenated alkanes) is 12. The molecule has 0 unspecified atom stereocenters. The van der Waals surface area contributed by atoms with Gasteiger partial charge in [0.1, 0.15) is 5.75 Å². The molecule has 0 bridgehead atoms. The lowest BCUT2D eigenvalue weighted by Crippen LogP contribution is -2.29. The molecule has 0 aliphatic heterocycles. The second kappa shape index (κ2) is 23.5. The molecule has 0 fully saturated rings. The maximum atomic E-state index is 12.0. The van der Waals surface area contributed by atoms with E-state index in [0.717, 1.165) is 44.1 Å². The van der Waals surface area contributed by atoms with Crippen molar-refractivity contribution in [2.45, 2.75) is 213 Å². The van der Waals surface area contributed by atoms with Gasteiger partial charge in [0, 0.05) is 0 Å². The first-order chi connectivity index (χ1) is 27.8. The number of rotatable bonds is 27. The zero-order valence-corrected chi connectivity index (χ0v) is 38.9. The average molecular weight is 785 g/mol. The second-order valence-electron chi connectivity index (χ2n) is 19.8. The topological polar surface area (TPSA) is 20.2 Å². The molecule has 0 aromatic heterocycles. The minimum absolute atomic E-state index is 0.0660. The van der Waals surface area contributed by atoms with E-state index in [1.807, 2.05) is 6.07 Å². The van der Waals surface area contributed by atoms with Crippen molar-refractivity contribution in [2.24, 2.45) is 0 Å². The van der Waals surface area contributed by atoms with Gasteiger partial charge in [-0.2, -0.15) is 0 Å². The van der Waals surface area contributed by atoms with Gasteiger partial charge in [0.05, 0.1) is 0 Å². The fraction of sp³-hybridized carbons (Fsp3) is 0.579. The molecule has 0 heterocycles. The molecule has 58 heavy (non-hydrogen) atoms. The molecule has 0 atom stereocenters. The van der Waals surface area contributed by atoms with Crippen molar-refractivity contribution in [1.29, 1.82) is 0 Å². The van der Waals surface area contributed by atoms with Gasteiger partial charge in [-0.25, -0.2) is 0 Å². The Bertz CT molecular complexity index is 1790. The standard InChI is InChI=1S/C57H84O/c1-10-13-16-19-22-31-45-34-25-28-37-51(45)55(4,5)42-48-40-41-54(58)50(44-57(8,9)53-39-30-27-36-47(53)33-24-21-18-15-12-3)49(48)43-56(6,7)52-38-29-26-35-46(52)32-23-20-17-14-11-2/h25-30,34-41,58H,10-24,31-33,42-44H2,1-9H3. The van der Waals surface area contributed by atoms with E-state index >= 15 is 0 Å². The second-order valence-corrected chi connectivity index (χ2v) is 19.8. The summed E-state index contributed by atoms with van der Waals surface area (Å²) in [5.74, 6) is 0.453. The van der Waals surface area contributed by atoms with Gasteiger partial charge >= 0.3 is 0 Å². The van der Waals surface area contributed by atoms with Crippen LogP contribution in [0.25, 0.3) is 0 Å². The average Bonchev–Trinajstić information content (AvgIpc) is 3.20. The van der Waals surface area contributed by atoms with Gasteiger partial charge in [-0.3, -0.25) is 0 Å². The minimum atomic E-state index is -0.148. The fourth-order valence-electron chi connectivity index (χ4n) is 9.91. The molecule has 0 aliphatic rings. The van der Waals surface area contributed by atoms with Crippen LogP contribution in [-0.2, 0) is 54.8 Å². The summed E-state index contributed by atoms with van der Waals surface area (Å²) in [4.78, 5) is 0. The molecule has 4 rings (SSSR count). The normalized spacial score (nSPS) is 12.4. The summed E-state index contributed by atoms with van der Waals surface area (Å²) in [6.45, 7) is 21.5. The SMILES string of the molecule is CCCCCCCc1ccccc1C(C)(C)Cc1ccc(O)c(CC(C)(C)c2ccccc2CCCCCCC)c1CC(C)(C)c1ccccc1CCCCCCC. The highest BCUT2D eigenvalue weighted by atomic mass is 16.3. The van der Waals surface area contributed by atoms with Gasteiger partial charge in [0.2, 0.25) is 0 Å². The summed E-state index contributed by atoms with van der Waals surface area (Å²) >= 11 is 0. The predicted octanol–water partition coefficient (Wildman–Crippen LogP) is 16.5. The number of benzene rings is 4. The van der Waals surface area contributed by atoms with Gasteiger partial charge in [-0.15, -0.1) is 0 Å². The Hall–Kier alpha value is -3.32. The third-order valence-corrected chi connectivity index (χ3v) is 13.3. The Kier molecular flexibility index (Phi) is 19.2. The zero-order valence-electron chi connectivity index (χ0n) is 38.9. The van der Waals surface area contributed by atoms with Crippen LogP contribution >= 0.6 is 0 Å². The minimum Gasteiger partial charge on any atom is -0.508 e. The third kappa shape index (κ3) is 13.9. The fourth-order valence-corrected chi connectivity index (χ4v) is 9.91. The molecule has 0 radical (unpaired) electrons. The molecule has 0 spiro atoms. The largest absolute Gasteiger partial charge is 0.508 e. The molecule has 1 nitrogen and oxygen atoms in total. The van der Waals surface area contributed by atoms with Crippen LogP contribution in [0.15, 0.2) is 84.9 Å². The van der Waals surface area contributed by atoms with Crippen LogP contribution < -0.4 is 0 Å². The molecule has 4 aromatic rings. The summed E-state index contributed by atoms with van der Waals surface area (Å²) in [7, 11) is 0. The lowest BCUT2D eigenvalue weighted by molar-refractivity contribution is 0.438. The highest BCUT2D eigenvalue weighted by Gasteiger charge is 2.33. The summed E-state index contributed by atoms with van der Waals surface area (Å²) in [5, 5.41) is 12.0. The zero-order chi connectivity index (χ0) is 42.0. The van der Waals surface area contributed by atoms with E-state index in [1.165, 1.54) is 141 Å². The maximum absolute atomic E-state index is 12.0. The van der Waals surface area contributed by atoms with Crippen molar-refractivity contribution in [3.05, 3.63) is 135 Å². The van der Waals surface area contributed by atoms with E-state index in [1.54, 1.807) is 0 Å². The van der Waals surface area contributed by atoms with Crippen LogP contribution in [0.1, 0.15) is 209 Å². The van der Waals surface area contributed by atoms with Crippen molar-refractivity contribution < 1.29 is 5.11 Å². The smallest absolute Gasteiger partial charge is 0.119 e. The van der Waals surface area contributed by atoms with Crippen molar-refractivity contribution in [3.63, 3.8) is 0 Å². The lowest BCUT2D eigenvalue weighted by Gasteiger charge is -2.35. The van der Waals surface area contributed by atoms with Crippen molar-refractivity contribution in [3.8, 4) is 5.75 Å². The van der Waals surface area contributed by atoms with Crippen molar-refractivity contribution in [2.75, 3.05) is 0 Å². The van der Waals surface area contributed by atoms with Crippen molar-refractivity contribution in [1.82, 2.24) is 0 Å². The van der Waals surface area contributed by atoms with Gasteiger partial charge in [-0.05, 0) is 130 Å². The van der Waals surface area contributed by atoms with Crippen LogP contribution in [-0.4, -0.2) is 5.11 Å². The predicted molar refractivity (Wildman–Crippen MR) is 255 cm³/mol. The summed E-state index contributed by atoms with van der Waals surface area (Å²) in [6, 6.07) is 32.0. The van der Waals surface area contributed by atoms with Crippen LogP contribution in [0, 0.1) is 0 Å². The number of aromatic hydroxyl groups is 1. The van der Waals surface area contributed by atoms with E-state index in [0.29, 0.717) is 5.75 Å². The Labute approximate surface area is 357 Å². The maximum Gasteiger partial charge on any atom is 0.119 e. The molecule has 4 aromatic carbocycles. The van der Waals surface area contributed by atoms with E-state index in [9.17, 15) is 5.11 Å². The number of aryl methyl sites for hydroxylation is 3. The van der Waals surface area contributed by atoms with Gasteiger partial charge in [-0.1, -0.05) is 218 Å². The van der Waals surface area contributed by atoms with Gasteiger partial charge in [0.15, 0.2) is 0 Å². The van der Waals surface area contributed by atoms with Crippen molar-refractivity contribution >= 4 is 0 Å². The molecular formula is C57H84O. The Morgan fingerprint density at radius 1 is 0.345 bits per heavy atom. The van der Waals surface area contributed by atoms with Crippen LogP contribution in [0.5, 0.6) is 5.75 Å². The highest BCUT2D eigenvalue weighted by Crippen LogP contribution is 2.42.